The molecule has 1 amide bonds. The van der Waals surface area contributed by atoms with Gasteiger partial charge in [-0.3, -0.25) is 9.93 Å². The largest absolute Gasteiger partial charge is 0.417 e. The van der Waals surface area contributed by atoms with Crippen molar-refractivity contribution in [2.45, 2.75) is 37.1 Å². The second-order valence-corrected chi connectivity index (χ2v) is 8.08. The van der Waals surface area contributed by atoms with Crippen molar-refractivity contribution in [2.75, 3.05) is 29.9 Å². The van der Waals surface area contributed by atoms with E-state index in [0.29, 0.717) is 36.8 Å². The van der Waals surface area contributed by atoms with Crippen molar-refractivity contribution < 1.29 is 22.7 Å². The number of pyridine rings is 2. The molecule has 3 N–H and O–H groups in total. The zero-order valence-corrected chi connectivity index (χ0v) is 17.3. The molecule has 3 heterocycles. The zero-order valence-electron chi connectivity index (χ0n) is 16.5. The summed E-state index contributed by atoms with van der Waals surface area (Å²) in [4.78, 5) is 22.8. The van der Waals surface area contributed by atoms with Gasteiger partial charge in [0.05, 0.1) is 16.7 Å². The van der Waals surface area contributed by atoms with Crippen LogP contribution in [0.2, 0.25) is 0 Å². The smallest absolute Gasteiger partial charge is 0.374 e. The van der Waals surface area contributed by atoms with E-state index in [1.54, 1.807) is 4.90 Å². The summed E-state index contributed by atoms with van der Waals surface area (Å²) in [7, 11) is 0. The molecule has 0 aromatic carbocycles. The highest BCUT2D eigenvalue weighted by molar-refractivity contribution is 7.97. The first-order chi connectivity index (χ1) is 14.1. The molecule has 2 aromatic heterocycles. The molecule has 30 heavy (non-hydrogen) atoms. The van der Waals surface area contributed by atoms with Gasteiger partial charge in [0.15, 0.2) is 0 Å². The lowest BCUT2D eigenvalue weighted by atomic mass is 10.1. The monoisotopic (exact) mass is 441 g/mol. The first-order valence-electron chi connectivity index (χ1n) is 9.19. The number of carbonyl (C=O) groups excluding carboxylic acids is 1. The third-order valence-corrected chi connectivity index (χ3v) is 4.95. The van der Waals surface area contributed by atoms with Crippen molar-refractivity contribution in [3.05, 3.63) is 41.7 Å². The number of alkyl halides is 3. The van der Waals surface area contributed by atoms with Crippen LogP contribution in [0.15, 0.2) is 35.6 Å². The van der Waals surface area contributed by atoms with Crippen LogP contribution in [0, 0.1) is 0 Å². The lowest BCUT2D eigenvalue weighted by Crippen LogP contribution is -2.39. The predicted octanol–water partition coefficient (Wildman–Crippen LogP) is 3.72. The molecule has 3 rings (SSSR count). The molecule has 11 heteroatoms. The van der Waals surface area contributed by atoms with Gasteiger partial charge in [-0.15, -0.1) is 0 Å². The van der Waals surface area contributed by atoms with Gasteiger partial charge >= 0.3 is 6.18 Å². The molecule has 7 nitrogen and oxygen atoms in total. The van der Waals surface area contributed by atoms with Crippen LogP contribution < -0.4 is 15.4 Å². The van der Waals surface area contributed by atoms with Crippen LogP contribution in [0.3, 0.4) is 0 Å². The van der Waals surface area contributed by atoms with Crippen LogP contribution >= 0.6 is 11.9 Å². The fraction of sp³-hybridized carbons (Fsp3) is 0.421. The van der Waals surface area contributed by atoms with E-state index in [1.807, 2.05) is 13.8 Å². The van der Waals surface area contributed by atoms with E-state index in [4.69, 9.17) is 9.88 Å². The third-order valence-electron chi connectivity index (χ3n) is 4.49. The summed E-state index contributed by atoms with van der Waals surface area (Å²) < 4.78 is 45.6. The van der Waals surface area contributed by atoms with Gasteiger partial charge in [-0.1, -0.05) is 0 Å². The Morgan fingerprint density at radius 2 is 2.10 bits per heavy atom. The van der Waals surface area contributed by atoms with E-state index in [0.717, 1.165) is 24.2 Å². The normalized spacial score (nSPS) is 16.8. The molecule has 0 saturated carbocycles. The summed E-state index contributed by atoms with van der Waals surface area (Å²) in [5.74, 6) is -0.521. The molecule has 1 saturated heterocycles. The van der Waals surface area contributed by atoms with Crippen LogP contribution in [0.4, 0.5) is 24.7 Å². The minimum atomic E-state index is -4.62. The molecule has 1 aliphatic rings. The van der Waals surface area contributed by atoms with Gasteiger partial charge in [-0.05, 0) is 50.4 Å². The lowest BCUT2D eigenvalue weighted by Gasteiger charge is -2.31. The number of nitrogens with zero attached hydrogens (tertiary/aromatic N) is 3. The summed E-state index contributed by atoms with van der Waals surface area (Å²) in [5.41, 5.74) is -1.32. The van der Waals surface area contributed by atoms with Crippen molar-refractivity contribution >= 4 is 29.4 Å². The Labute approximate surface area is 176 Å². The Morgan fingerprint density at radius 3 is 2.80 bits per heavy atom. The molecule has 0 atom stereocenters. The van der Waals surface area contributed by atoms with Gasteiger partial charge in [0.2, 0.25) is 0 Å². The molecule has 2 aromatic rings. The second kappa shape index (κ2) is 8.78. The van der Waals surface area contributed by atoms with Crippen molar-refractivity contribution in [3.8, 4) is 0 Å². The Balaban J connectivity index is 1.99. The molecule has 162 valence electrons. The summed E-state index contributed by atoms with van der Waals surface area (Å²) in [6, 6.07) is 3.89. The number of hydrogen-bond acceptors (Lipinski definition) is 7. The van der Waals surface area contributed by atoms with Crippen molar-refractivity contribution in [1.82, 2.24) is 9.97 Å². The third kappa shape index (κ3) is 5.41. The number of rotatable bonds is 4. The average molecular weight is 441 g/mol. The summed E-state index contributed by atoms with van der Waals surface area (Å²) in [6.45, 7) is 5.18. The molecule has 0 aliphatic carbocycles. The Bertz CT molecular complexity index is 923. The maximum absolute atomic E-state index is 13.3. The topological polar surface area (TPSA) is 93.4 Å². The van der Waals surface area contributed by atoms with E-state index in [9.17, 15) is 18.0 Å². The standard InChI is InChI=1S/C19H22F3N5O2S/c1-18(2)11-27(6-3-7-29-18)16-14(8-12(10-25-16)19(20,21)22)17(28)26-13-4-5-24-15(9-13)30-23/h4-5,8-10H,3,6-7,11,23H2,1-2H3,(H,24,26,28). The van der Waals surface area contributed by atoms with Gasteiger partial charge in [0.25, 0.3) is 5.91 Å². The van der Waals surface area contributed by atoms with Crippen molar-refractivity contribution in [1.29, 1.82) is 0 Å². The molecule has 0 spiro atoms. The number of halogens is 3. The van der Waals surface area contributed by atoms with Crippen LogP contribution in [0.1, 0.15) is 36.2 Å². The number of anilines is 2. The number of hydrogen-bond donors (Lipinski definition) is 2. The first kappa shape index (κ1) is 22.3. The van der Waals surface area contributed by atoms with Gasteiger partial charge in [0.1, 0.15) is 10.8 Å². The van der Waals surface area contributed by atoms with Crippen LogP contribution in [-0.4, -0.2) is 41.2 Å². The van der Waals surface area contributed by atoms with E-state index >= 15 is 0 Å². The number of nitrogens with two attached hydrogens (primary N) is 1. The SMILES string of the molecule is CC1(C)CN(c2ncc(C(F)(F)F)cc2C(=O)Nc2ccnc(SN)c2)CCCO1. The fourth-order valence-corrected chi connectivity index (χ4v) is 3.47. The van der Waals surface area contributed by atoms with E-state index in [-0.39, 0.29) is 11.4 Å². The lowest BCUT2D eigenvalue weighted by molar-refractivity contribution is -0.137. The minimum absolute atomic E-state index is 0.165. The quantitative estimate of drug-likeness (QED) is 0.699. The zero-order chi connectivity index (χ0) is 21.9. The number of amides is 1. The number of aromatic nitrogens is 2. The molecule has 0 bridgehead atoms. The van der Waals surface area contributed by atoms with Gasteiger partial charge in [0, 0.05) is 37.8 Å². The maximum atomic E-state index is 13.3. The number of ether oxygens (including phenoxy) is 1. The maximum Gasteiger partial charge on any atom is 0.417 e. The second-order valence-electron chi connectivity index (χ2n) is 7.43. The number of nitrogens with one attached hydrogen (secondary N) is 1. The van der Waals surface area contributed by atoms with Crippen molar-refractivity contribution in [2.24, 2.45) is 5.14 Å². The molecule has 1 fully saturated rings. The highest BCUT2D eigenvalue weighted by Crippen LogP contribution is 2.33. The molecule has 1 aliphatic heterocycles. The van der Waals surface area contributed by atoms with Gasteiger partial charge < -0.3 is 15.0 Å². The van der Waals surface area contributed by atoms with Gasteiger partial charge in [-0.25, -0.2) is 9.97 Å². The molecular weight excluding hydrogens is 419 g/mol. The minimum Gasteiger partial charge on any atom is -0.374 e. The molecular formula is C19H22F3N5O2S. The van der Waals surface area contributed by atoms with E-state index in [1.165, 1.54) is 18.3 Å². The molecule has 0 radical (unpaired) electrons. The average Bonchev–Trinajstić information content (AvgIpc) is 2.87. The van der Waals surface area contributed by atoms with Crippen LogP contribution in [0.5, 0.6) is 0 Å². The fourth-order valence-electron chi connectivity index (χ4n) is 3.15. The Morgan fingerprint density at radius 1 is 1.33 bits per heavy atom. The Hall–Kier alpha value is -2.37. The summed E-state index contributed by atoms with van der Waals surface area (Å²) in [5, 5.41) is 8.55. The highest BCUT2D eigenvalue weighted by Gasteiger charge is 2.34. The summed E-state index contributed by atoms with van der Waals surface area (Å²) >= 11 is 0.894. The van der Waals surface area contributed by atoms with Gasteiger partial charge in [-0.2, -0.15) is 13.2 Å². The van der Waals surface area contributed by atoms with E-state index in [2.05, 4.69) is 15.3 Å². The van der Waals surface area contributed by atoms with E-state index < -0.39 is 23.2 Å². The Kier molecular flexibility index (Phi) is 6.53. The predicted molar refractivity (Wildman–Crippen MR) is 108 cm³/mol. The highest BCUT2D eigenvalue weighted by atomic mass is 32.2. The van der Waals surface area contributed by atoms with Crippen LogP contribution in [0.25, 0.3) is 0 Å². The first-order valence-corrected chi connectivity index (χ1v) is 10.1. The van der Waals surface area contributed by atoms with Crippen LogP contribution in [-0.2, 0) is 10.9 Å². The van der Waals surface area contributed by atoms with Crippen molar-refractivity contribution in [3.63, 3.8) is 0 Å². The number of carbonyl (C=O) groups is 1. The molecule has 0 unspecified atom stereocenters. The summed E-state index contributed by atoms with van der Waals surface area (Å²) in [6.07, 6.45) is -1.76.